The van der Waals surface area contributed by atoms with Gasteiger partial charge < -0.3 is 15.5 Å². The molecule has 0 unspecified atom stereocenters. The van der Waals surface area contributed by atoms with Gasteiger partial charge in [0, 0.05) is 56.6 Å². The summed E-state index contributed by atoms with van der Waals surface area (Å²) in [7, 11) is 2.00. The Labute approximate surface area is 153 Å². The molecule has 2 N–H and O–H groups in total. The van der Waals surface area contributed by atoms with Gasteiger partial charge in [0.05, 0.1) is 4.92 Å². The number of nitrogens with one attached hydrogen (secondary N) is 2. The van der Waals surface area contributed by atoms with Crippen molar-refractivity contribution in [2.75, 3.05) is 36.9 Å². The van der Waals surface area contributed by atoms with E-state index in [0.717, 1.165) is 17.9 Å². The fourth-order valence-electron chi connectivity index (χ4n) is 2.45. The van der Waals surface area contributed by atoms with Crippen LogP contribution in [-0.4, -0.2) is 37.5 Å². The number of likely N-dealkylation sites (N-methyl/N-ethyl adjacent to an activating group) is 1. The molecule has 138 valence electrons. The Hall–Kier alpha value is -3.09. The van der Waals surface area contributed by atoms with Crippen molar-refractivity contribution in [1.82, 2.24) is 5.32 Å². The van der Waals surface area contributed by atoms with E-state index in [1.165, 1.54) is 12.1 Å². The highest BCUT2D eigenvalue weighted by molar-refractivity contribution is 5.75. The lowest BCUT2D eigenvalue weighted by molar-refractivity contribution is -0.384. The molecule has 0 bridgehead atoms. The van der Waals surface area contributed by atoms with Crippen molar-refractivity contribution in [3.8, 4) is 0 Å². The van der Waals surface area contributed by atoms with E-state index in [2.05, 4.69) is 15.5 Å². The summed E-state index contributed by atoms with van der Waals surface area (Å²) in [6.07, 6.45) is 1.13. The Kier molecular flexibility index (Phi) is 7.42. The third kappa shape index (κ3) is 6.43. The van der Waals surface area contributed by atoms with Gasteiger partial charge in [0.2, 0.25) is 5.91 Å². The van der Waals surface area contributed by atoms with Crippen LogP contribution in [0.5, 0.6) is 0 Å². The van der Waals surface area contributed by atoms with E-state index < -0.39 is 4.92 Å². The average Bonchev–Trinajstić information content (AvgIpc) is 2.66. The number of nitrogens with zero attached hydrogens (tertiary/aromatic N) is 2. The maximum atomic E-state index is 11.9. The van der Waals surface area contributed by atoms with Crippen LogP contribution in [0.3, 0.4) is 0 Å². The lowest BCUT2D eigenvalue weighted by atomic mass is 10.2. The second-order valence-corrected chi connectivity index (χ2v) is 5.94. The number of hydrogen-bond acceptors (Lipinski definition) is 5. The van der Waals surface area contributed by atoms with Gasteiger partial charge in [-0.15, -0.1) is 0 Å². The first-order chi connectivity index (χ1) is 12.6. The molecule has 0 aliphatic heterocycles. The normalized spacial score (nSPS) is 10.2. The van der Waals surface area contributed by atoms with Crippen LogP contribution in [0.4, 0.5) is 17.1 Å². The van der Waals surface area contributed by atoms with E-state index in [9.17, 15) is 14.9 Å². The first kappa shape index (κ1) is 19.2. The molecule has 0 aliphatic carbocycles. The monoisotopic (exact) mass is 356 g/mol. The Balaban J connectivity index is 1.58. The van der Waals surface area contributed by atoms with Crippen molar-refractivity contribution in [2.45, 2.75) is 12.8 Å². The van der Waals surface area contributed by atoms with E-state index in [4.69, 9.17) is 0 Å². The number of carbonyl (C=O) groups is 1. The van der Waals surface area contributed by atoms with Gasteiger partial charge in [-0.2, -0.15) is 0 Å². The van der Waals surface area contributed by atoms with E-state index in [1.807, 2.05) is 37.4 Å². The minimum atomic E-state index is -0.427. The molecular formula is C19H24N4O3. The predicted octanol–water partition coefficient (Wildman–Crippen LogP) is 3.04. The lowest BCUT2D eigenvalue weighted by Gasteiger charge is -2.19. The molecule has 2 aromatic carbocycles. The highest BCUT2D eigenvalue weighted by Gasteiger charge is 2.05. The SMILES string of the molecule is CN(CCNC(=O)CCCNc1ccc([N+](=O)[O-])cc1)c1ccccc1. The average molecular weight is 356 g/mol. The van der Waals surface area contributed by atoms with Gasteiger partial charge in [-0.3, -0.25) is 14.9 Å². The molecule has 26 heavy (non-hydrogen) atoms. The standard InChI is InChI=1S/C19H24N4O3/c1-22(17-6-3-2-4-7-17)15-14-21-19(24)8-5-13-20-16-9-11-18(12-10-16)23(25)26/h2-4,6-7,9-12,20H,5,8,13-15H2,1H3,(H,21,24). The maximum absolute atomic E-state index is 11.9. The number of non-ortho nitro benzene ring substituents is 1. The highest BCUT2D eigenvalue weighted by atomic mass is 16.6. The second-order valence-electron chi connectivity index (χ2n) is 5.94. The molecular weight excluding hydrogens is 332 g/mol. The summed E-state index contributed by atoms with van der Waals surface area (Å²) < 4.78 is 0. The minimum Gasteiger partial charge on any atom is -0.385 e. The van der Waals surface area contributed by atoms with Crippen LogP contribution in [0.15, 0.2) is 54.6 Å². The van der Waals surface area contributed by atoms with Gasteiger partial charge in [0.15, 0.2) is 0 Å². The highest BCUT2D eigenvalue weighted by Crippen LogP contribution is 2.15. The zero-order valence-corrected chi connectivity index (χ0v) is 14.9. The Morgan fingerprint density at radius 1 is 1.08 bits per heavy atom. The molecule has 0 aliphatic rings. The molecule has 2 rings (SSSR count). The first-order valence-electron chi connectivity index (χ1n) is 8.57. The summed E-state index contributed by atoms with van der Waals surface area (Å²) in [5.41, 5.74) is 1.99. The fraction of sp³-hybridized carbons (Fsp3) is 0.316. The molecule has 0 spiro atoms. The smallest absolute Gasteiger partial charge is 0.269 e. The zero-order chi connectivity index (χ0) is 18.8. The van der Waals surface area contributed by atoms with Gasteiger partial charge in [0.25, 0.3) is 5.69 Å². The third-order valence-corrected chi connectivity index (χ3v) is 3.95. The van der Waals surface area contributed by atoms with E-state index in [1.54, 1.807) is 12.1 Å². The van der Waals surface area contributed by atoms with Crippen LogP contribution in [0.1, 0.15) is 12.8 Å². The van der Waals surface area contributed by atoms with Gasteiger partial charge in [-0.25, -0.2) is 0 Å². The van der Waals surface area contributed by atoms with Crippen LogP contribution in [0.2, 0.25) is 0 Å². The Morgan fingerprint density at radius 2 is 1.77 bits per heavy atom. The van der Waals surface area contributed by atoms with Gasteiger partial charge in [-0.05, 0) is 30.7 Å². The minimum absolute atomic E-state index is 0.0250. The van der Waals surface area contributed by atoms with E-state index >= 15 is 0 Å². The second kappa shape index (κ2) is 10.0. The quantitative estimate of drug-likeness (QED) is 0.388. The van der Waals surface area contributed by atoms with Crippen LogP contribution in [-0.2, 0) is 4.79 Å². The zero-order valence-electron chi connectivity index (χ0n) is 14.9. The maximum Gasteiger partial charge on any atom is 0.269 e. The molecule has 0 heterocycles. The van der Waals surface area contributed by atoms with Crippen LogP contribution in [0.25, 0.3) is 0 Å². The largest absolute Gasteiger partial charge is 0.385 e. The van der Waals surface area contributed by atoms with Crippen LogP contribution in [0, 0.1) is 10.1 Å². The predicted molar refractivity (Wildman–Crippen MR) is 104 cm³/mol. The summed E-state index contributed by atoms with van der Waals surface area (Å²) in [4.78, 5) is 24.1. The first-order valence-corrected chi connectivity index (χ1v) is 8.57. The number of carbonyl (C=O) groups excluding carboxylic acids is 1. The van der Waals surface area contributed by atoms with Gasteiger partial charge in [-0.1, -0.05) is 18.2 Å². The van der Waals surface area contributed by atoms with Crippen molar-refractivity contribution in [1.29, 1.82) is 0 Å². The Bertz CT molecular complexity index is 704. The topological polar surface area (TPSA) is 87.5 Å². The van der Waals surface area contributed by atoms with Crippen molar-refractivity contribution in [3.05, 3.63) is 64.7 Å². The molecule has 0 radical (unpaired) electrons. The molecule has 1 amide bonds. The molecule has 0 atom stereocenters. The van der Waals surface area contributed by atoms with Gasteiger partial charge >= 0.3 is 0 Å². The van der Waals surface area contributed by atoms with E-state index in [-0.39, 0.29) is 11.6 Å². The number of amides is 1. The van der Waals surface area contributed by atoms with Crippen LogP contribution < -0.4 is 15.5 Å². The number of nitro benzene ring substituents is 1. The Morgan fingerprint density at radius 3 is 2.42 bits per heavy atom. The molecule has 0 saturated heterocycles. The third-order valence-electron chi connectivity index (χ3n) is 3.95. The number of benzene rings is 2. The molecule has 0 saturated carbocycles. The number of nitro groups is 1. The summed E-state index contributed by atoms with van der Waals surface area (Å²) in [6, 6.07) is 16.3. The van der Waals surface area contributed by atoms with Crippen molar-refractivity contribution in [3.63, 3.8) is 0 Å². The molecule has 0 fully saturated rings. The number of para-hydroxylation sites is 1. The number of rotatable bonds is 10. The molecule has 0 aromatic heterocycles. The summed E-state index contributed by atoms with van der Waals surface area (Å²) in [5, 5.41) is 16.7. The summed E-state index contributed by atoms with van der Waals surface area (Å²) in [6.45, 7) is 1.98. The number of hydrogen-bond donors (Lipinski definition) is 2. The van der Waals surface area contributed by atoms with E-state index in [0.29, 0.717) is 25.9 Å². The van der Waals surface area contributed by atoms with Gasteiger partial charge in [0.1, 0.15) is 0 Å². The molecule has 2 aromatic rings. The number of anilines is 2. The summed E-state index contributed by atoms with van der Waals surface area (Å²) >= 11 is 0. The fourth-order valence-corrected chi connectivity index (χ4v) is 2.45. The lowest BCUT2D eigenvalue weighted by Crippen LogP contribution is -2.33. The van der Waals surface area contributed by atoms with Crippen molar-refractivity contribution < 1.29 is 9.72 Å². The van der Waals surface area contributed by atoms with Crippen molar-refractivity contribution in [2.24, 2.45) is 0 Å². The summed E-state index contributed by atoms with van der Waals surface area (Å²) in [5.74, 6) is 0.0250. The molecule has 7 heteroatoms. The molecule has 7 nitrogen and oxygen atoms in total. The van der Waals surface area contributed by atoms with Crippen molar-refractivity contribution >= 4 is 23.0 Å². The van der Waals surface area contributed by atoms with Crippen LogP contribution >= 0.6 is 0 Å².